The predicted octanol–water partition coefficient (Wildman–Crippen LogP) is 2.16. The van der Waals surface area contributed by atoms with Gasteiger partial charge in [-0.15, -0.1) is 0 Å². The molecule has 1 unspecified atom stereocenters. The maximum Gasteiger partial charge on any atom is 0.303 e. The summed E-state index contributed by atoms with van der Waals surface area (Å²) in [5, 5.41) is 20.6. The standard InChI is InChI=1S/C13H22N2O2/c1-11(2-3-12(16)17)4-9-15-10-13(5-6-13)7-8-14/h11,15H,2-7,9-10H2,1H3,(H,16,17). The largest absolute Gasteiger partial charge is 0.481 e. The Labute approximate surface area is 103 Å². The number of rotatable bonds is 9. The first-order valence-electron chi connectivity index (χ1n) is 6.37. The normalized spacial score (nSPS) is 18.4. The van der Waals surface area contributed by atoms with Gasteiger partial charge in [-0.25, -0.2) is 0 Å². The zero-order valence-electron chi connectivity index (χ0n) is 10.5. The molecule has 0 amide bonds. The zero-order chi connectivity index (χ0) is 12.7. The molecule has 96 valence electrons. The Morgan fingerprint density at radius 3 is 2.76 bits per heavy atom. The number of nitrogens with one attached hydrogen (secondary N) is 1. The molecule has 0 heterocycles. The Morgan fingerprint density at radius 2 is 2.24 bits per heavy atom. The number of nitriles is 1. The molecule has 4 nitrogen and oxygen atoms in total. The van der Waals surface area contributed by atoms with Crippen LogP contribution in [-0.2, 0) is 4.79 Å². The minimum Gasteiger partial charge on any atom is -0.481 e. The van der Waals surface area contributed by atoms with Crippen LogP contribution >= 0.6 is 0 Å². The molecule has 0 bridgehead atoms. The van der Waals surface area contributed by atoms with Crippen LogP contribution in [-0.4, -0.2) is 24.2 Å². The van der Waals surface area contributed by atoms with Gasteiger partial charge in [-0.2, -0.15) is 5.26 Å². The van der Waals surface area contributed by atoms with Crippen molar-refractivity contribution < 1.29 is 9.90 Å². The Hall–Kier alpha value is -1.08. The van der Waals surface area contributed by atoms with Crippen LogP contribution in [0.25, 0.3) is 0 Å². The van der Waals surface area contributed by atoms with Gasteiger partial charge in [0, 0.05) is 19.4 Å². The fraction of sp³-hybridized carbons (Fsp3) is 0.846. The Morgan fingerprint density at radius 1 is 1.53 bits per heavy atom. The highest BCUT2D eigenvalue weighted by Crippen LogP contribution is 2.47. The lowest BCUT2D eigenvalue weighted by molar-refractivity contribution is -0.137. The maximum atomic E-state index is 10.4. The Balaban J connectivity index is 2.00. The molecule has 0 saturated heterocycles. The minimum atomic E-state index is -0.712. The molecule has 0 radical (unpaired) electrons. The van der Waals surface area contributed by atoms with Gasteiger partial charge in [0.25, 0.3) is 0 Å². The van der Waals surface area contributed by atoms with Gasteiger partial charge in [0.1, 0.15) is 0 Å². The van der Waals surface area contributed by atoms with E-state index in [1.165, 1.54) is 12.8 Å². The summed E-state index contributed by atoms with van der Waals surface area (Å²) < 4.78 is 0. The SMILES string of the molecule is CC(CCNCC1(CC#N)CC1)CCC(=O)O. The first-order valence-corrected chi connectivity index (χ1v) is 6.37. The van der Waals surface area contributed by atoms with Crippen LogP contribution in [0.15, 0.2) is 0 Å². The fourth-order valence-electron chi connectivity index (χ4n) is 1.98. The average molecular weight is 238 g/mol. The molecule has 4 heteroatoms. The minimum absolute atomic E-state index is 0.263. The van der Waals surface area contributed by atoms with Crippen LogP contribution in [0.3, 0.4) is 0 Å². The van der Waals surface area contributed by atoms with Crippen LogP contribution in [0, 0.1) is 22.7 Å². The molecule has 17 heavy (non-hydrogen) atoms. The van der Waals surface area contributed by atoms with Gasteiger partial charge in [0.15, 0.2) is 0 Å². The molecule has 0 spiro atoms. The van der Waals surface area contributed by atoms with Gasteiger partial charge < -0.3 is 10.4 Å². The number of nitrogens with zero attached hydrogens (tertiary/aromatic N) is 1. The lowest BCUT2D eigenvalue weighted by Crippen LogP contribution is -2.25. The van der Waals surface area contributed by atoms with Crippen molar-refractivity contribution in [3.05, 3.63) is 0 Å². The molecule has 0 aromatic carbocycles. The summed E-state index contributed by atoms with van der Waals surface area (Å²) in [6.45, 7) is 3.95. The second-order valence-corrected chi connectivity index (χ2v) is 5.34. The molecule has 1 fully saturated rings. The first-order chi connectivity index (χ1) is 8.08. The number of hydrogen-bond donors (Lipinski definition) is 2. The molecule has 1 atom stereocenters. The van der Waals surface area contributed by atoms with Crippen molar-refractivity contribution in [2.24, 2.45) is 11.3 Å². The summed E-state index contributed by atoms with van der Waals surface area (Å²) in [5.41, 5.74) is 0.263. The molecule has 1 aliphatic carbocycles. The van der Waals surface area contributed by atoms with Crippen LogP contribution in [0.2, 0.25) is 0 Å². The van der Waals surface area contributed by atoms with Gasteiger partial charge in [-0.1, -0.05) is 6.92 Å². The van der Waals surface area contributed by atoms with E-state index in [1.54, 1.807) is 0 Å². The van der Waals surface area contributed by atoms with E-state index in [0.717, 1.165) is 25.9 Å². The molecule has 0 aromatic rings. The summed E-state index contributed by atoms with van der Waals surface area (Å²) in [7, 11) is 0. The summed E-state index contributed by atoms with van der Waals surface area (Å²) in [5.74, 6) is -0.263. The third-order valence-corrected chi connectivity index (χ3v) is 3.58. The van der Waals surface area contributed by atoms with Crippen molar-refractivity contribution in [2.45, 2.75) is 45.4 Å². The molecule has 1 rings (SSSR count). The van der Waals surface area contributed by atoms with Crippen molar-refractivity contribution in [3.8, 4) is 6.07 Å². The molecule has 0 aliphatic heterocycles. The highest BCUT2D eigenvalue weighted by atomic mass is 16.4. The number of carboxylic acid groups (broad SMARTS) is 1. The van der Waals surface area contributed by atoms with E-state index >= 15 is 0 Å². The smallest absolute Gasteiger partial charge is 0.303 e. The lowest BCUT2D eigenvalue weighted by atomic mass is 10.0. The Kier molecular flexibility index (Phi) is 5.43. The Bertz CT molecular complexity index is 292. The molecule has 2 N–H and O–H groups in total. The van der Waals surface area contributed by atoms with Crippen molar-refractivity contribution in [2.75, 3.05) is 13.1 Å². The number of carboxylic acids is 1. The summed E-state index contributed by atoms with van der Waals surface area (Å²) in [4.78, 5) is 10.4. The first kappa shape index (κ1) is 14.0. The van der Waals surface area contributed by atoms with Gasteiger partial charge in [-0.3, -0.25) is 4.79 Å². The summed E-state index contributed by atoms with van der Waals surface area (Å²) >= 11 is 0. The predicted molar refractivity (Wildman–Crippen MR) is 65.4 cm³/mol. The monoisotopic (exact) mass is 238 g/mol. The van der Waals surface area contributed by atoms with E-state index in [0.29, 0.717) is 12.3 Å². The van der Waals surface area contributed by atoms with Crippen LogP contribution in [0.5, 0.6) is 0 Å². The quantitative estimate of drug-likeness (QED) is 0.604. The highest BCUT2D eigenvalue weighted by molar-refractivity contribution is 5.66. The van der Waals surface area contributed by atoms with Crippen molar-refractivity contribution in [1.82, 2.24) is 5.32 Å². The van der Waals surface area contributed by atoms with Crippen LogP contribution in [0.1, 0.15) is 45.4 Å². The van der Waals surface area contributed by atoms with E-state index in [2.05, 4.69) is 18.3 Å². The molecular weight excluding hydrogens is 216 g/mol. The zero-order valence-corrected chi connectivity index (χ0v) is 10.5. The van der Waals surface area contributed by atoms with Gasteiger partial charge >= 0.3 is 5.97 Å². The lowest BCUT2D eigenvalue weighted by Gasteiger charge is -2.14. The number of aliphatic carboxylic acids is 1. The van der Waals surface area contributed by atoms with Gasteiger partial charge in [-0.05, 0) is 43.6 Å². The number of carbonyl (C=O) groups is 1. The van der Waals surface area contributed by atoms with E-state index in [9.17, 15) is 4.79 Å². The molecule has 1 aliphatic rings. The second-order valence-electron chi connectivity index (χ2n) is 5.34. The fourth-order valence-corrected chi connectivity index (χ4v) is 1.98. The van der Waals surface area contributed by atoms with Crippen LogP contribution in [0.4, 0.5) is 0 Å². The van der Waals surface area contributed by atoms with E-state index in [-0.39, 0.29) is 11.8 Å². The second kappa shape index (κ2) is 6.61. The van der Waals surface area contributed by atoms with Crippen LogP contribution < -0.4 is 5.32 Å². The summed E-state index contributed by atoms with van der Waals surface area (Å²) in [6.07, 6.45) is 5.02. The van der Waals surface area contributed by atoms with E-state index in [4.69, 9.17) is 10.4 Å². The van der Waals surface area contributed by atoms with Crippen molar-refractivity contribution in [1.29, 1.82) is 5.26 Å². The topological polar surface area (TPSA) is 73.1 Å². The van der Waals surface area contributed by atoms with Crippen molar-refractivity contribution >= 4 is 5.97 Å². The van der Waals surface area contributed by atoms with Gasteiger partial charge in [0.05, 0.1) is 6.07 Å². The number of hydrogen-bond acceptors (Lipinski definition) is 3. The van der Waals surface area contributed by atoms with Crippen molar-refractivity contribution in [3.63, 3.8) is 0 Å². The van der Waals surface area contributed by atoms with Gasteiger partial charge in [0.2, 0.25) is 0 Å². The third-order valence-electron chi connectivity index (χ3n) is 3.58. The highest BCUT2D eigenvalue weighted by Gasteiger charge is 2.41. The molecular formula is C13H22N2O2. The van der Waals surface area contributed by atoms with E-state index in [1.807, 2.05) is 0 Å². The third kappa shape index (κ3) is 5.69. The molecule has 1 saturated carbocycles. The van der Waals surface area contributed by atoms with E-state index < -0.39 is 5.97 Å². The maximum absolute atomic E-state index is 10.4. The molecule has 0 aromatic heterocycles. The average Bonchev–Trinajstić information content (AvgIpc) is 3.03. The summed E-state index contributed by atoms with van der Waals surface area (Å²) in [6, 6.07) is 2.25.